The first-order valence-electron chi connectivity index (χ1n) is 6.14. The number of ether oxygens (including phenoxy) is 1. The molecule has 98 valence electrons. The molecule has 0 atom stereocenters. The molecule has 0 bridgehead atoms. The van der Waals surface area contributed by atoms with Gasteiger partial charge in [-0.1, -0.05) is 36.5 Å². The molecule has 0 saturated heterocycles. The van der Waals surface area contributed by atoms with Crippen LogP contribution >= 0.6 is 12.2 Å². The Bertz CT molecular complexity index is 587. The summed E-state index contributed by atoms with van der Waals surface area (Å²) in [5.41, 5.74) is 9.95. The SMILES string of the molecule is Cc1cc(C)cc(OCc2cccc(C(N)=S)c2)c1. The first kappa shape index (κ1) is 13.6. The van der Waals surface area contributed by atoms with Crippen molar-refractivity contribution < 1.29 is 4.74 Å². The Kier molecular flexibility index (Phi) is 4.17. The van der Waals surface area contributed by atoms with Crippen LogP contribution in [0.4, 0.5) is 0 Å². The molecule has 0 heterocycles. The van der Waals surface area contributed by atoms with Crippen molar-refractivity contribution >= 4 is 17.2 Å². The summed E-state index contributed by atoms with van der Waals surface area (Å²) >= 11 is 4.97. The van der Waals surface area contributed by atoms with Crippen LogP contribution in [0, 0.1) is 13.8 Å². The van der Waals surface area contributed by atoms with Crippen molar-refractivity contribution in [3.8, 4) is 5.75 Å². The quantitative estimate of drug-likeness (QED) is 0.864. The van der Waals surface area contributed by atoms with Gasteiger partial charge in [-0.2, -0.15) is 0 Å². The van der Waals surface area contributed by atoms with Crippen molar-refractivity contribution in [3.63, 3.8) is 0 Å². The van der Waals surface area contributed by atoms with Gasteiger partial charge in [0, 0.05) is 5.56 Å². The molecule has 0 aliphatic rings. The average Bonchev–Trinajstić information content (AvgIpc) is 2.35. The van der Waals surface area contributed by atoms with Gasteiger partial charge in [-0.05, 0) is 48.7 Å². The molecule has 2 nitrogen and oxygen atoms in total. The fourth-order valence-corrected chi connectivity index (χ4v) is 2.12. The number of thiocarbonyl (C=S) groups is 1. The Balaban J connectivity index is 2.10. The van der Waals surface area contributed by atoms with E-state index in [-0.39, 0.29) is 0 Å². The van der Waals surface area contributed by atoms with Crippen LogP contribution < -0.4 is 10.5 Å². The fourth-order valence-electron chi connectivity index (χ4n) is 2.00. The van der Waals surface area contributed by atoms with Crippen LogP contribution in [0.3, 0.4) is 0 Å². The maximum absolute atomic E-state index is 5.80. The van der Waals surface area contributed by atoms with Crippen molar-refractivity contribution in [1.29, 1.82) is 0 Å². The van der Waals surface area contributed by atoms with E-state index in [4.69, 9.17) is 22.7 Å². The second kappa shape index (κ2) is 5.85. The summed E-state index contributed by atoms with van der Waals surface area (Å²) in [7, 11) is 0. The summed E-state index contributed by atoms with van der Waals surface area (Å²) in [4.78, 5) is 0.410. The van der Waals surface area contributed by atoms with Gasteiger partial charge >= 0.3 is 0 Å². The molecule has 0 aliphatic carbocycles. The standard InChI is InChI=1S/C16H17NOS/c1-11-6-12(2)8-15(7-11)18-10-13-4-3-5-14(9-13)16(17)19/h3-9H,10H2,1-2H3,(H2,17,19). The second-order valence-corrected chi connectivity index (χ2v) is 5.12. The molecule has 2 N–H and O–H groups in total. The number of rotatable bonds is 4. The minimum atomic E-state index is 0.410. The first-order valence-corrected chi connectivity index (χ1v) is 6.55. The predicted octanol–water partition coefficient (Wildman–Crippen LogP) is 3.52. The van der Waals surface area contributed by atoms with Gasteiger partial charge in [0.25, 0.3) is 0 Å². The zero-order valence-corrected chi connectivity index (χ0v) is 12.0. The van der Waals surface area contributed by atoms with Gasteiger partial charge in [0.15, 0.2) is 0 Å². The molecule has 19 heavy (non-hydrogen) atoms. The normalized spacial score (nSPS) is 10.2. The Labute approximate surface area is 119 Å². The van der Waals surface area contributed by atoms with E-state index in [1.807, 2.05) is 36.4 Å². The summed E-state index contributed by atoms with van der Waals surface area (Å²) in [6.45, 7) is 4.64. The summed E-state index contributed by atoms with van der Waals surface area (Å²) < 4.78 is 5.80. The van der Waals surface area contributed by atoms with E-state index in [0.29, 0.717) is 11.6 Å². The molecule has 0 fully saturated rings. The third-order valence-corrected chi connectivity index (χ3v) is 3.05. The maximum atomic E-state index is 5.80. The van der Waals surface area contributed by atoms with Crippen LogP contribution in [0.25, 0.3) is 0 Å². The first-order chi connectivity index (χ1) is 9.04. The van der Waals surface area contributed by atoms with Gasteiger partial charge in [0.05, 0.1) is 0 Å². The fraction of sp³-hybridized carbons (Fsp3) is 0.188. The van der Waals surface area contributed by atoms with E-state index in [9.17, 15) is 0 Å². The third-order valence-electron chi connectivity index (χ3n) is 2.81. The lowest BCUT2D eigenvalue weighted by atomic mass is 10.1. The van der Waals surface area contributed by atoms with Crippen molar-refractivity contribution in [3.05, 3.63) is 64.7 Å². The Morgan fingerprint density at radius 2 is 1.79 bits per heavy atom. The lowest BCUT2D eigenvalue weighted by Crippen LogP contribution is -2.09. The highest BCUT2D eigenvalue weighted by Gasteiger charge is 2.01. The van der Waals surface area contributed by atoms with Crippen LogP contribution in [0.1, 0.15) is 22.3 Å². The molecule has 2 rings (SSSR count). The zero-order chi connectivity index (χ0) is 13.8. The Morgan fingerprint density at radius 3 is 2.42 bits per heavy atom. The summed E-state index contributed by atoms with van der Waals surface area (Å²) in [5.74, 6) is 0.887. The maximum Gasteiger partial charge on any atom is 0.120 e. The van der Waals surface area contributed by atoms with Gasteiger partial charge in [-0.15, -0.1) is 0 Å². The minimum absolute atomic E-state index is 0.410. The molecule has 3 heteroatoms. The molecule has 2 aromatic rings. The van der Waals surface area contributed by atoms with E-state index in [1.54, 1.807) is 0 Å². The van der Waals surface area contributed by atoms with E-state index < -0.39 is 0 Å². The molecule has 2 aromatic carbocycles. The van der Waals surface area contributed by atoms with Gasteiger partial charge in [-0.3, -0.25) is 0 Å². The minimum Gasteiger partial charge on any atom is -0.489 e. The van der Waals surface area contributed by atoms with Crippen molar-refractivity contribution in [2.75, 3.05) is 0 Å². The van der Waals surface area contributed by atoms with E-state index in [0.717, 1.165) is 16.9 Å². The topological polar surface area (TPSA) is 35.2 Å². The number of hydrogen-bond donors (Lipinski definition) is 1. The Hall–Kier alpha value is -1.87. The molecule has 0 aliphatic heterocycles. The molecule has 0 radical (unpaired) electrons. The second-order valence-electron chi connectivity index (χ2n) is 4.68. The smallest absolute Gasteiger partial charge is 0.120 e. The van der Waals surface area contributed by atoms with Crippen LogP contribution in [0.5, 0.6) is 5.75 Å². The molecule has 0 spiro atoms. The number of hydrogen-bond acceptors (Lipinski definition) is 2. The van der Waals surface area contributed by atoms with Gasteiger partial charge in [0.1, 0.15) is 17.3 Å². The van der Waals surface area contributed by atoms with E-state index >= 15 is 0 Å². The highest BCUT2D eigenvalue weighted by molar-refractivity contribution is 7.80. The largest absolute Gasteiger partial charge is 0.489 e. The zero-order valence-electron chi connectivity index (χ0n) is 11.1. The lowest BCUT2D eigenvalue weighted by molar-refractivity contribution is 0.306. The molecule has 0 amide bonds. The molecular formula is C16H17NOS. The third kappa shape index (κ3) is 3.80. The van der Waals surface area contributed by atoms with Gasteiger partial charge < -0.3 is 10.5 Å². The van der Waals surface area contributed by atoms with Gasteiger partial charge in [0.2, 0.25) is 0 Å². The molecule has 0 aromatic heterocycles. The van der Waals surface area contributed by atoms with Crippen LogP contribution in [0.15, 0.2) is 42.5 Å². The van der Waals surface area contributed by atoms with Crippen LogP contribution in [-0.2, 0) is 6.61 Å². The van der Waals surface area contributed by atoms with E-state index in [1.165, 1.54) is 11.1 Å². The highest BCUT2D eigenvalue weighted by atomic mass is 32.1. The summed E-state index contributed by atoms with van der Waals surface area (Å²) in [5, 5.41) is 0. The average molecular weight is 271 g/mol. The summed E-state index contributed by atoms with van der Waals surface area (Å²) in [6, 6.07) is 14.0. The van der Waals surface area contributed by atoms with Crippen molar-refractivity contribution in [1.82, 2.24) is 0 Å². The summed E-state index contributed by atoms with van der Waals surface area (Å²) in [6.07, 6.45) is 0. The van der Waals surface area contributed by atoms with Crippen LogP contribution in [0.2, 0.25) is 0 Å². The van der Waals surface area contributed by atoms with Gasteiger partial charge in [-0.25, -0.2) is 0 Å². The number of benzene rings is 2. The predicted molar refractivity (Wildman–Crippen MR) is 82.6 cm³/mol. The molecular weight excluding hydrogens is 254 g/mol. The van der Waals surface area contributed by atoms with Crippen molar-refractivity contribution in [2.24, 2.45) is 5.73 Å². The Morgan fingerprint density at radius 1 is 1.11 bits per heavy atom. The lowest BCUT2D eigenvalue weighted by Gasteiger charge is -2.09. The number of aryl methyl sites for hydroxylation is 2. The van der Waals surface area contributed by atoms with Crippen molar-refractivity contribution in [2.45, 2.75) is 20.5 Å². The van der Waals surface area contributed by atoms with Crippen LogP contribution in [-0.4, -0.2) is 4.99 Å². The highest BCUT2D eigenvalue weighted by Crippen LogP contribution is 2.18. The molecule has 0 unspecified atom stereocenters. The molecule has 0 saturated carbocycles. The number of nitrogens with two attached hydrogens (primary N) is 1. The monoisotopic (exact) mass is 271 g/mol. The van der Waals surface area contributed by atoms with E-state index in [2.05, 4.69) is 19.9 Å².